The number of fused-ring (bicyclic) bond motifs is 3. The molecule has 0 amide bonds. The predicted octanol–water partition coefficient (Wildman–Crippen LogP) is 6.25. The molecular weight excluding hydrogens is 294 g/mol. The molecule has 4 aromatic rings. The van der Waals surface area contributed by atoms with Crippen LogP contribution in [0.5, 0.6) is 0 Å². The zero-order chi connectivity index (χ0) is 16.9. The molecule has 2 nitrogen and oxygen atoms in total. The number of nitrogens with zero attached hydrogens (tertiary/aromatic N) is 1. The summed E-state index contributed by atoms with van der Waals surface area (Å²) in [5.74, 6) is 0. The van der Waals surface area contributed by atoms with Crippen molar-refractivity contribution in [3.05, 3.63) is 65.9 Å². The summed E-state index contributed by atoms with van der Waals surface area (Å²) < 4.78 is 6.23. The van der Waals surface area contributed by atoms with Crippen LogP contribution in [0, 0.1) is 6.92 Å². The Bertz CT molecular complexity index is 1030. The van der Waals surface area contributed by atoms with Gasteiger partial charge in [-0.1, -0.05) is 57.2 Å². The number of para-hydroxylation sites is 2. The highest BCUT2D eigenvalue weighted by atomic mass is 16.3. The smallest absolute Gasteiger partial charge is 0.144 e. The van der Waals surface area contributed by atoms with E-state index in [-0.39, 0.29) is 5.41 Å². The third-order valence-corrected chi connectivity index (χ3v) is 4.63. The van der Waals surface area contributed by atoms with Gasteiger partial charge in [0.25, 0.3) is 0 Å². The van der Waals surface area contributed by atoms with Gasteiger partial charge in [0.05, 0.1) is 5.69 Å². The van der Waals surface area contributed by atoms with E-state index >= 15 is 0 Å². The van der Waals surface area contributed by atoms with E-state index in [1.807, 2.05) is 6.20 Å². The monoisotopic (exact) mass is 315 g/mol. The van der Waals surface area contributed by atoms with E-state index in [2.05, 4.69) is 76.2 Å². The quantitative estimate of drug-likeness (QED) is 0.414. The highest BCUT2D eigenvalue weighted by Gasteiger charge is 2.16. The van der Waals surface area contributed by atoms with Crippen LogP contribution in [-0.4, -0.2) is 4.98 Å². The average molecular weight is 315 g/mol. The molecule has 0 spiro atoms. The molecule has 0 N–H and O–H groups in total. The van der Waals surface area contributed by atoms with Crippen molar-refractivity contribution in [2.45, 2.75) is 33.1 Å². The van der Waals surface area contributed by atoms with E-state index in [1.54, 1.807) is 0 Å². The second-order valence-corrected chi connectivity index (χ2v) is 7.42. The lowest BCUT2D eigenvalue weighted by Crippen LogP contribution is -2.11. The molecule has 4 rings (SSSR count). The van der Waals surface area contributed by atoms with E-state index in [0.29, 0.717) is 0 Å². The van der Waals surface area contributed by atoms with Crippen LogP contribution >= 0.6 is 0 Å². The Balaban J connectivity index is 1.94. The first-order valence-corrected chi connectivity index (χ1v) is 8.33. The molecule has 2 aromatic carbocycles. The molecule has 0 bridgehead atoms. The fraction of sp³-hybridized carbons (Fsp3) is 0.227. The molecule has 2 heterocycles. The minimum absolute atomic E-state index is 0.105. The molecule has 24 heavy (non-hydrogen) atoms. The van der Waals surface area contributed by atoms with Gasteiger partial charge in [-0.3, -0.25) is 4.98 Å². The van der Waals surface area contributed by atoms with Crippen molar-refractivity contribution in [2.24, 2.45) is 0 Å². The molecule has 0 aliphatic carbocycles. The summed E-state index contributed by atoms with van der Waals surface area (Å²) in [4.78, 5) is 4.70. The van der Waals surface area contributed by atoms with Crippen LogP contribution in [0.2, 0.25) is 0 Å². The minimum Gasteiger partial charge on any atom is -0.455 e. The number of hydrogen-bond acceptors (Lipinski definition) is 2. The second-order valence-electron chi connectivity index (χ2n) is 7.42. The van der Waals surface area contributed by atoms with Gasteiger partial charge in [-0.2, -0.15) is 0 Å². The first-order chi connectivity index (χ1) is 11.4. The van der Waals surface area contributed by atoms with Crippen LogP contribution < -0.4 is 0 Å². The number of furan rings is 1. The van der Waals surface area contributed by atoms with Gasteiger partial charge in [0.2, 0.25) is 0 Å². The van der Waals surface area contributed by atoms with Crippen molar-refractivity contribution >= 4 is 21.9 Å². The van der Waals surface area contributed by atoms with Gasteiger partial charge in [0.15, 0.2) is 0 Å². The van der Waals surface area contributed by atoms with Crippen molar-refractivity contribution in [3.8, 4) is 11.3 Å². The average Bonchev–Trinajstić information content (AvgIpc) is 2.94. The Morgan fingerprint density at radius 2 is 1.54 bits per heavy atom. The van der Waals surface area contributed by atoms with Crippen molar-refractivity contribution in [1.82, 2.24) is 4.98 Å². The van der Waals surface area contributed by atoms with Crippen LogP contribution in [0.1, 0.15) is 31.9 Å². The molecule has 0 radical (unpaired) electrons. The Morgan fingerprint density at radius 1 is 0.833 bits per heavy atom. The lowest BCUT2D eigenvalue weighted by atomic mass is 9.88. The zero-order valence-electron chi connectivity index (χ0n) is 14.6. The minimum atomic E-state index is 0.105. The summed E-state index contributed by atoms with van der Waals surface area (Å²) in [5, 5.41) is 2.31. The summed E-state index contributed by atoms with van der Waals surface area (Å²) in [6.45, 7) is 8.69. The van der Waals surface area contributed by atoms with Crippen LogP contribution in [0.25, 0.3) is 33.2 Å². The first-order valence-electron chi connectivity index (χ1n) is 8.33. The van der Waals surface area contributed by atoms with E-state index < -0.39 is 0 Å². The van der Waals surface area contributed by atoms with Crippen molar-refractivity contribution < 1.29 is 4.42 Å². The molecule has 0 saturated heterocycles. The number of pyridine rings is 1. The predicted molar refractivity (Wildman–Crippen MR) is 100 cm³/mol. The molecule has 2 heteroatoms. The fourth-order valence-electron chi connectivity index (χ4n) is 3.16. The summed E-state index contributed by atoms with van der Waals surface area (Å²) >= 11 is 0. The lowest BCUT2D eigenvalue weighted by Gasteiger charge is -2.18. The number of rotatable bonds is 1. The number of hydrogen-bond donors (Lipinski definition) is 0. The first kappa shape index (κ1) is 14.9. The molecule has 0 aliphatic heterocycles. The molecule has 2 aromatic heterocycles. The number of aryl methyl sites for hydroxylation is 1. The van der Waals surface area contributed by atoms with Crippen molar-refractivity contribution in [2.75, 3.05) is 0 Å². The summed E-state index contributed by atoms with van der Waals surface area (Å²) in [6, 6.07) is 16.8. The van der Waals surface area contributed by atoms with Gasteiger partial charge >= 0.3 is 0 Å². The topological polar surface area (TPSA) is 26.0 Å². The van der Waals surface area contributed by atoms with Crippen LogP contribution in [-0.2, 0) is 5.41 Å². The Labute approximate surface area is 142 Å². The van der Waals surface area contributed by atoms with E-state index in [9.17, 15) is 0 Å². The molecule has 120 valence electrons. The molecule has 0 saturated carbocycles. The third kappa shape index (κ3) is 2.30. The van der Waals surface area contributed by atoms with Gasteiger partial charge in [-0.05, 0) is 35.6 Å². The van der Waals surface area contributed by atoms with Gasteiger partial charge in [-0.25, -0.2) is 0 Å². The largest absolute Gasteiger partial charge is 0.455 e. The van der Waals surface area contributed by atoms with E-state index in [0.717, 1.165) is 38.8 Å². The van der Waals surface area contributed by atoms with E-state index in [4.69, 9.17) is 9.40 Å². The lowest BCUT2D eigenvalue weighted by molar-refractivity contribution is 0.587. The Hall–Kier alpha value is -2.61. The molecular formula is C22H21NO. The highest BCUT2D eigenvalue weighted by Crippen LogP contribution is 2.36. The van der Waals surface area contributed by atoms with Crippen LogP contribution in [0.3, 0.4) is 0 Å². The molecule has 0 unspecified atom stereocenters. The standard InChI is InChI=1S/C22H21NO/c1-14-7-5-8-16-17-9-6-10-18(21(17)24-20(14)16)19-12-11-15(13-23-19)22(2,3)4/h5-13H,1-4H3. The maximum Gasteiger partial charge on any atom is 0.144 e. The third-order valence-electron chi connectivity index (χ3n) is 4.63. The molecule has 0 fully saturated rings. The summed E-state index contributed by atoms with van der Waals surface area (Å²) in [7, 11) is 0. The van der Waals surface area contributed by atoms with Gasteiger partial charge in [-0.15, -0.1) is 0 Å². The van der Waals surface area contributed by atoms with E-state index in [1.165, 1.54) is 5.56 Å². The Kier molecular flexibility index (Phi) is 3.24. The van der Waals surface area contributed by atoms with Gasteiger partial charge in [0.1, 0.15) is 11.2 Å². The summed E-state index contributed by atoms with van der Waals surface area (Å²) in [5.41, 5.74) is 6.37. The molecule has 0 aliphatic rings. The Morgan fingerprint density at radius 3 is 2.21 bits per heavy atom. The second kappa shape index (κ2) is 5.20. The fourth-order valence-corrected chi connectivity index (χ4v) is 3.16. The zero-order valence-corrected chi connectivity index (χ0v) is 14.6. The SMILES string of the molecule is Cc1cccc2c1oc1c(-c3ccc(C(C)(C)C)cn3)cccc12. The number of aromatic nitrogens is 1. The highest BCUT2D eigenvalue weighted by molar-refractivity contribution is 6.09. The van der Waals surface area contributed by atoms with Crippen LogP contribution in [0.4, 0.5) is 0 Å². The number of benzene rings is 2. The van der Waals surface area contributed by atoms with Gasteiger partial charge in [0, 0.05) is 22.5 Å². The maximum atomic E-state index is 6.23. The van der Waals surface area contributed by atoms with Gasteiger partial charge < -0.3 is 4.42 Å². The van der Waals surface area contributed by atoms with Crippen molar-refractivity contribution in [1.29, 1.82) is 0 Å². The summed E-state index contributed by atoms with van der Waals surface area (Å²) in [6.07, 6.45) is 1.97. The van der Waals surface area contributed by atoms with Crippen LogP contribution in [0.15, 0.2) is 59.1 Å². The van der Waals surface area contributed by atoms with Crippen molar-refractivity contribution in [3.63, 3.8) is 0 Å². The maximum absolute atomic E-state index is 6.23. The molecule has 0 atom stereocenters. The normalized spacial score (nSPS) is 12.2.